The van der Waals surface area contributed by atoms with E-state index in [4.69, 9.17) is 9.47 Å². The summed E-state index contributed by atoms with van der Waals surface area (Å²) in [7, 11) is 1.61. The highest BCUT2D eigenvalue weighted by molar-refractivity contribution is 7.16. The summed E-state index contributed by atoms with van der Waals surface area (Å²) in [6, 6.07) is 9.76. The first-order valence-corrected chi connectivity index (χ1v) is 8.18. The monoisotopic (exact) mass is 326 g/mol. The summed E-state index contributed by atoms with van der Waals surface area (Å²) in [4.78, 5) is 5.32. The van der Waals surface area contributed by atoms with Gasteiger partial charge in [-0.3, -0.25) is 0 Å². The molecule has 1 aliphatic heterocycles. The average molecular weight is 326 g/mol. The molecule has 0 saturated carbocycles. The number of benzene rings is 1. The fraction of sp³-hybridized carbons (Fsp3) is 0.312. The molecule has 0 aliphatic carbocycles. The van der Waals surface area contributed by atoms with Gasteiger partial charge in [0.2, 0.25) is 4.96 Å². The Kier molecular flexibility index (Phi) is 3.48. The zero-order valence-electron chi connectivity index (χ0n) is 12.5. The molecule has 23 heavy (non-hydrogen) atoms. The van der Waals surface area contributed by atoms with Crippen LogP contribution in [-0.2, 0) is 4.74 Å². The lowest BCUT2D eigenvalue weighted by molar-refractivity contribution is 0.111. The Hall–Kier alpha value is -2.43. The van der Waals surface area contributed by atoms with Crippen LogP contribution in [0.4, 0.5) is 0 Å². The zero-order valence-corrected chi connectivity index (χ0v) is 13.3. The molecule has 6 nitrogen and oxygen atoms in total. The van der Waals surface area contributed by atoms with Crippen LogP contribution in [0.25, 0.3) is 16.2 Å². The molecule has 1 aromatic carbocycles. The fourth-order valence-electron chi connectivity index (χ4n) is 2.79. The van der Waals surface area contributed by atoms with E-state index in [0.717, 1.165) is 30.0 Å². The second kappa shape index (κ2) is 5.65. The van der Waals surface area contributed by atoms with Crippen molar-refractivity contribution < 1.29 is 9.47 Å². The van der Waals surface area contributed by atoms with Gasteiger partial charge in [-0.2, -0.15) is 14.9 Å². The number of ether oxygens (including phenoxy) is 2. The van der Waals surface area contributed by atoms with Gasteiger partial charge in [-0.1, -0.05) is 23.5 Å². The molecule has 0 radical (unpaired) electrons. The van der Waals surface area contributed by atoms with E-state index in [2.05, 4.69) is 16.2 Å². The Labute approximate surface area is 136 Å². The van der Waals surface area contributed by atoms with Gasteiger partial charge in [-0.25, -0.2) is 4.98 Å². The highest BCUT2D eigenvalue weighted by atomic mass is 32.1. The Morgan fingerprint density at radius 1 is 1.43 bits per heavy atom. The van der Waals surface area contributed by atoms with Gasteiger partial charge in [0.05, 0.1) is 7.11 Å². The number of para-hydroxylation sites is 1. The molecule has 2 aromatic heterocycles. The smallest absolute Gasteiger partial charge is 0.214 e. The second-order valence-electron chi connectivity index (χ2n) is 5.26. The number of nitriles is 1. The van der Waals surface area contributed by atoms with Crippen molar-refractivity contribution in [3.05, 3.63) is 35.0 Å². The van der Waals surface area contributed by atoms with Crippen molar-refractivity contribution in [2.24, 2.45) is 0 Å². The first kappa shape index (κ1) is 14.2. The quantitative estimate of drug-likeness (QED) is 0.739. The van der Waals surface area contributed by atoms with E-state index in [-0.39, 0.29) is 6.10 Å². The lowest BCUT2D eigenvalue weighted by Crippen LogP contribution is -1.98. The molecule has 0 amide bonds. The standard InChI is InChI=1S/C16H14N4O2S/c1-21-12-6-3-2-5-10(12)14-11(9-17)20-16(18-14)23-15(19-20)13-7-4-8-22-13/h2-3,5-6,13H,4,7-8H2,1H3. The molecule has 0 N–H and O–H groups in total. The molecule has 3 heterocycles. The zero-order chi connectivity index (χ0) is 15.8. The van der Waals surface area contributed by atoms with Crippen LogP contribution in [0, 0.1) is 11.3 Å². The van der Waals surface area contributed by atoms with Crippen LogP contribution in [0.5, 0.6) is 5.75 Å². The molecule has 1 fully saturated rings. The van der Waals surface area contributed by atoms with Crippen molar-refractivity contribution in [1.29, 1.82) is 5.26 Å². The Morgan fingerprint density at radius 2 is 2.30 bits per heavy atom. The van der Waals surface area contributed by atoms with Crippen LogP contribution in [0.3, 0.4) is 0 Å². The number of rotatable bonds is 3. The van der Waals surface area contributed by atoms with E-state index in [1.165, 1.54) is 11.3 Å². The van der Waals surface area contributed by atoms with E-state index >= 15 is 0 Å². The fourth-order valence-corrected chi connectivity index (χ4v) is 3.78. The second-order valence-corrected chi connectivity index (χ2v) is 6.24. The van der Waals surface area contributed by atoms with Crippen LogP contribution in [-0.4, -0.2) is 28.3 Å². The van der Waals surface area contributed by atoms with Gasteiger partial charge in [0, 0.05) is 12.2 Å². The largest absolute Gasteiger partial charge is 0.496 e. The minimum atomic E-state index is 0.0305. The van der Waals surface area contributed by atoms with Gasteiger partial charge < -0.3 is 9.47 Å². The third kappa shape index (κ3) is 2.27. The third-order valence-corrected chi connectivity index (χ3v) is 4.89. The van der Waals surface area contributed by atoms with Crippen molar-refractivity contribution in [2.75, 3.05) is 13.7 Å². The molecule has 1 unspecified atom stereocenters. The van der Waals surface area contributed by atoms with Crippen LogP contribution in [0.15, 0.2) is 24.3 Å². The van der Waals surface area contributed by atoms with E-state index in [9.17, 15) is 5.26 Å². The average Bonchev–Trinajstić information content (AvgIpc) is 3.29. The van der Waals surface area contributed by atoms with Crippen molar-refractivity contribution in [2.45, 2.75) is 18.9 Å². The van der Waals surface area contributed by atoms with Crippen LogP contribution in [0.2, 0.25) is 0 Å². The predicted octanol–water partition coefficient (Wildman–Crippen LogP) is 3.19. The highest BCUT2D eigenvalue weighted by Gasteiger charge is 2.25. The molecule has 1 saturated heterocycles. The number of nitrogens with zero attached hydrogens (tertiary/aromatic N) is 4. The number of fused-ring (bicyclic) bond motifs is 1. The summed E-state index contributed by atoms with van der Waals surface area (Å²) in [5, 5.41) is 15.0. The Morgan fingerprint density at radius 3 is 3.04 bits per heavy atom. The van der Waals surface area contributed by atoms with E-state index < -0.39 is 0 Å². The molecular formula is C16H14N4O2S. The number of aromatic nitrogens is 3. The number of hydrogen-bond acceptors (Lipinski definition) is 6. The summed E-state index contributed by atoms with van der Waals surface area (Å²) in [5.41, 5.74) is 1.82. The molecule has 1 atom stereocenters. The molecule has 3 aromatic rings. The maximum Gasteiger partial charge on any atom is 0.214 e. The van der Waals surface area contributed by atoms with Crippen LogP contribution < -0.4 is 4.74 Å². The first-order chi connectivity index (χ1) is 11.3. The maximum atomic E-state index is 9.59. The van der Waals surface area contributed by atoms with Crippen molar-refractivity contribution in [3.8, 4) is 23.1 Å². The highest BCUT2D eigenvalue weighted by Crippen LogP contribution is 2.36. The molecule has 0 bridgehead atoms. The molecule has 4 rings (SSSR count). The van der Waals surface area contributed by atoms with E-state index in [1.807, 2.05) is 24.3 Å². The van der Waals surface area contributed by atoms with Gasteiger partial charge in [0.15, 0.2) is 5.69 Å². The number of imidazole rings is 1. The summed E-state index contributed by atoms with van der Waals surface area (Å²) in [6.07, 6.45) is 2.05. The normalized spacial score (nSPS) is 17.5. The Bertz CT molecular complexity index is 903. The van der Waals surface area contributed by atoms with E-state index in [0.29, 0.717) is 22.1 Å². The predicted molar refractivity (Wildman–Crippen MR) is 85.5 cm³/mol. The van der Waals surface area contributed by atoms with Crippen molar-refractivity contribution in [1.82, 2.24) is 14.6 Å². The molecule has 116 valence electrons. The number of methoxy groups -OCH3 is 1. The van der Waals surface area contributed by atoms with Gasteiger partial charge >= 0.3 is 0 Å². The third-order valence-electron chi connectivity index (χ3n) is 3.89. The van der Waals surface area contributed by atoms with Crippen LogP contribution >= 0.6 is 11.3 Å². The molecule has 0 spiro atoms. The van der Waals surface area contributed by atoms with Crippen molar-refractivity contribution >= 4 is 16.3 Å². The summed E-state index contributed by atoms with van der Waals surface area (Å²) in [6.45, 7) is 0.768. The first-order valence-electron chi connectivity index (χ1n) is 7.36. The summed E-state index contributed by atoms with van der Waals surface area (Å²) < 4.78 is 12.7. The van der Waals surface area contributed by atoms with Crippen LogP contribution in [0.1, 0.15) is 29.6 Å². The Balaban J connectivity index is 1.85. The maximum absolute atomic E-state index is 9.59. The SMILES string of the molecule is COc1ccccc1-c1nc2sc(C3CCCO3)nn2c1C#N. The molecule has 7 heteroatoms. The summed E-state index contributed by atoms with van der Waals surface area (Å²) in [5.74, 6) is 0.689. The molecule has 1 aliphatic rings. The lowest BCUT2D eigenvalue weighted by atomic mass is 10.1. The van der Waals surface area contributed by atoms with Gasteiger partial charge in [-0.15, -0.1) is 0 Å². The van der Waals surface area contributed by atoms with E-state index in [1.54, 1.807) is 11.6 Å². The minimum Gasteiger partial charge on any atom is -0.496 e. The van der Waals surface area contributed by atoms with Gasteiger partial charge in [0.25, 0.3) is 0 Å². The summed E-state index contributed by atoms with van der Waals surface area (Å²) >= 11 is 1.48. The van der Waals surface area contributed by atoms with Crippen molar-refractivity contribution in [3.63, 3.8) is 0 Å². The lowest BCUT2D eigenvalue weighted by Gasteiger charge is -2.06. The topological polar surface area (TPSA) is 72.4 Å². The number of hydrogen-bond donors (Lipinski definition) is 0. The van der Waals surface area contributed by atoms with Gasteiger partial charge in [-0.05, 0) is 25.0 Å². The van der Waals surface area contributed by atoms with Gasteiger partial charge in [0.1, 0.15) is 28.6 Å². The molecular weight excluding hydrogens is 312 g/mol. The minimum absolute atomic E-state index is 0.0305.